The summed E-state index contributed by atoms with van der Waals surface area (Å²) >= 11 is 0. The van der Waals surface area contributed by atoms with E-state index in [0.29, 0.717) is 32.7 Å². The molecule has 9 nitrogen and oxygen atoms in total. The predicted molar refractivity (Wildman–Crippen MR) is 98.0 cm³/mol. The van der Waals surface area contributed by atoms with Crippen LogP contribution in [0.2, 0.25) is 0 Å². The smallest absolute Gasteiger partial charge is 0.410 e. The number of azide groups is 1. The lowest BCUT2D eigenvalue weighted by atomic mass is 10.1. The number of ether oxygens (including phenoxy) is 2. The highest BCUT2D eigenvalue weighted by Gasteiger charge is 2.21. The summed E-state index contributed by atoms with van der Waals surface area (Å²) < 4.78 is 10.8. The Kier molecular flexibility index (Phi) is 13.1. The third-order valence-corrected chi connectivity index (χ3v) is 3.37. The second kappa shape index (κ2) is 14.2. The Morgan fingerprint density at radius 1 is 1.08 bits per heavy atom. The van der Waals surface area contributed by atoms with Crippen LogP contribution in [-0.2, 0) is 14.3 Å². The lowest BCUT2D eigenvalue weighted by Crippen LogP contribution is -2.39. The lowest BCUT2D eigenvalue weighted by molar-refractivity contribution is -0.137. The van der Waals surface area contributed by atoms with E-state index in [-0.39, 0.29) is 19.1 Å². The monoisotopic (exact) mass is 372 g/mol. The molecule has 0 aliphatic rings. The van der Waals surface area contributed by atoms with Crippen molar-refractivity contribution in [3.63, 3.8) is 0 Å². The number of nitrogens with zero attached hydrogens (tertiary/aromatic N) is 4. The molecule has 0 unspecified atom stereocenters. The second-order valence-electron chi connectivity index (χ2n) is 6.95. The van der Waals surface area contributed by atoms with E-state index < -0.39 is 11.6 Å². The Labute approximate surface area is 155 Å². The van der Waals surface area contributed by atoms with Crippen molar-refractivity contribution in [2.75, 3.05) is 32.8 Å². The molecule has 0 aromatic heterocycles. The topological polar surface area (TPSA) is 125 Å². The van der Waals surface area contributed by atoms with Crippen LogP contribution in [-0.4, -0.2) is 60.5 Å². The third kappa shape index (κ3) is 15.5. The van der Waals surface area contributed by atoms with Gasteiger partial charge in [-0.25, -0.2) is 4.79 Å². The van der Waals surface area contributed by atoms with Gasteiger partial charge in [0.05, 0.1) is 13.2 Å². The largest absolute Gasteiger partial charge is 0.481 e. The van der Waals surface area contributed by atoms with Crippen LogP contribution in [0.5, 0.6) is 0 Å². The van der Waals surface area contributed by atoms with Crippen LogP contribution < -0.4 is 0 Å². The lowest BCUT2D eigenvalue weighted by Gasteiger charge is -2.27. The molecule has 1 amide bonds. The van der Waals surface area contributed by atoms with Gasteiger partial charge in [-0.1, -0.05) is 24.4 Å². The molecule has 0 heterocycles. The SMILES string of the molecule is CC(C)(C)OC(=O)N(CCCCCCCC(=O)O)CCOCCN=[N+]=[N-]. The molecule has 0 aliphatic heterocycles. The number of carboxylic acid groups (broad SMARTS) is 1. The molecule has 0 spiro atoms. The van der Waals surface area contributed by atoms with Gasteiger partial charge in [-0.2, -0.15) is 0 Å². The van der Waals surface area contributed by atoms with Gasteiger partial charge in [-0.05, 0) is 39.1 Å². The highest BCUT2D eigenvalue weighted by atomic mass is 16.6. The summed E-state index contributed by atoms with van der Waals surface area (Å²) in [4.78, 5) is 27.0. The summed E-state index contributed by atoms with van der Waals surface area (Å²) in [6.07, 6.45) is 4.09. The van der Waals surface area contributed by atoms with Gasteiger partial charge in [-0.15, -0.1) is 0 Å². The fourth-order valence-corrected chi connectivity index (χ4v) is 2.16. The summed E-state index contributed by atoms with van der Waals surface area (Å²) in [6, 6.07) is 0. The average molecular weight is 372 g/mol. The quantitative estimate of drug-likeness (QED) is 0.214. The molecule has 150 valence electrons. The molecule has 0 aliphatic carbocycles. The Morgan fingerprint density at radius 3 is 2.35 bits per heavy atom. The zero-order valence-electron chi connectivity index (χ0n) is 16.1. The van der Waals surface area contributed by atoms with Crippen LogP contribution in [0.3, 0.4) is 0 Å². The second-order valence-corrected chi connectivity index (χ2v) is 6.95. The van der Waals surface area contributed by atoms with E-state index in [2.05, 4.69) is 10.0 Å². The summed E-state index contributed by atoms with van der Waals surface area (Å²) in [7, 11) is 0. The standard InChI is InChI=1S/C17H32N4O5/c1-17(2,3)26-16(24)21(12-14-25-13-10-19-20-18)11-8-6-4-5-7-9-15(22)23/h4-14H2,1-3H3,(H,22,23). The van der Waals surface area contributed by atoms with Gasteiger partial charge in [0, 0.05) is 31.0 Å². The van der Waals surface area contributed by atoms with Crippen molar-refractivity contribution in [3.8, 4) is 0 Å². The molecule has 26 heavy (non-hydrogen) atoms. The molecule has 0 radical (unpaired) electrons. The summed E-state index contributed by atoms with van der Waals surface area (Å²) in [5, 5.41) is 12.0. The van der Waals surface area contributed by atoms with Gasteiger partial charge in [0.25, 0.3) is 0 Å². The molecular weight excluding hydrogens is 340 g/mol. The third-order valence-electron chi connectivity index (χ3n) is 3.37. The fourth-order valence-electron chi connectivity index (χ4n) is 2.16. The van der Waals surface area contributed by atoms with E-state index in [4.69, 9.17) is 20.1 Å². The van der Waals surface area contributed by atoms with Crippen LogP contribution in [0.15, 0.2) is 5.11 Å². The van der Waals surface area contributed by atoms with Crippen LogP contribution in [0.1, 0.15) is 59.3 Å². The van der Waals surface area contributed by atoms with Crippen LogP contribution in [0.25, 0.3) is 10.4 Å². The zero-order chi connectivity index (χ0) is 19.8. The van der Waals surface area contributed by atoms with E-state index in [1.54, 1.807) is 4.90 Å². The molecule has 0 bridgehead atoms. The molecular formula is C17H32N4O5. The number of unbranched alkanes of at least 4 members (excludes halogenated alkanes) is 4. The Morgan fingerprint density at radius 2 is 1.73 bits per heavy atom. The predicted octanol–water partition coefficient (Wildman–Crippen LogP) is 3.98. The first-order chi connectivity index (χ1) is 12.3. The van der Waals surface area contributed by atoms with E-state index in [0.717, 1.165) is 25.7 Å². The minimum Gasteiger partial charge on any atom is -0.481 e. The van der Waals surface area contributed by atoms with E-state index in [9.17, 15) is 9.59 Å². The number of carbonyl (C=O) groups excluding carboxylic acids is 1. The van der Waals surface area contributed by atoms with Crippen LogP contribution in [0, 0.1) is 0 Å². The van der Waals surface area contributed by atoms with Crippen molar-refractivity contribution in [3.05, 3.63) is 10.4 Å². The van der Waals surface area contributed by atoms with Gasteiger partial charge in [-0.3, -0.25) is 4.79 Å². The van der Waals surface area contributed by atoms with Gasteiger partial charge in [0.2, 0.25) is 0 Å². The van der Waals surface area contributed by atoms with E-state index in [1.165, 1.54) is 0 Å². The summed E-state index contributed by atoms with van der Waals surface area (Å²) in [6.45, 7) is 7.36. The first kappa shape index (κ1) is 24.0. The molecule has 9 heteroatoms. The van der Waals surface area contributed by atoms with Gasteiger partial charge in [0.1, 0.15) is 5.60 Å². The molecule has 0 aromatic rings. The van der Waals surface area contributed by atoms with E-state index in [1.807, 2.05) is 20.8 Å². The molecule has 0 aromatic carbocycles. The van der Waals surface area contributed by atoms with Crippen LogP contribution in [0.4, 0.5) is 4.79 Å². The number of hydrogen-bond donors (Lipinski definition) is 1. The van der Waals surface area contributed by atoms with Crippen molar-refractivity contribution in [1.82, 2.24) is 4.90 Å². The van der Waals surface area contributed by atoms with Crippen molar-refractivity contribution >= 4 is 12.1 Å². The van der Waals surface area contributed by atoms with Gasteiger partial charge < -0.3 is 19.5 Å². The molecule has 0 fully saturated rings. The van der Waals surface area contributed by atoms with Crippen LogP contribution >= 0.6 is 0 Å². The molecule has 0 saturated heterocycles. The number of amides is 1. The van der Waals surface area contributed by atoms with E-state index >= 15 is 0 Å². The highest BCUT2D eigenvalue weighted by Crippen LogP contribution is 2.12. The number of carbonyl (C=O) groups is 2. The van der Waals surface area contributed by atoms with Gasteiger partial charge >= 0.3 is 12.1 Å². The van der Waals surface area contributed by atoms with Crippen molar-refractivity contribution in [2.24, 2.45) is 5.11 Å². The number of hydrogen-bond acceptors (Lipinski definition) is 5. The maximum absolute atomic E-state index is 12.3. The first-order valence-corrected chi connectivity index (χ1v) is 9.04. The Balaban J connectivity index is 4.16. The first-order valence-electron chi connectivity index (χ1n) is 9.04. The number of rotatable bonds is 14. The fraction of sp³-hybridized carbons (Fsp3) is 0.882. The molecule has 0 atom stereocenters. The van der Waals surface area contributed by atoms with Crippen molar-refractivity contribution in [2.45, 2.75) is 64.9 Å². The maximum Gasteiger partial charge on any atom is 0.410 e. The summed E-state index contributed by atoms with van der Waals surface area (Å²) in [5.41, 5.74) is 7.64. The Hall–Kier alpha value is -1.99. The molecule has 0 rings (SSSR count). The normalized spacial score (nSPS) is 10.9. The summed E-state index contributed by atoms with van der Waals surface area (Å²) in [5.74, 6) is -0.762. The average Bonchev–Trinajstić information content (AvgIpc) is 2.53. The maximum atomic E-state index is 12.3. The Bertz CT molecular complexity index is 459. The molecule has 1 N–H and O–H groups in total. The van der Waals surface area contributed by atoms with Crippen molar-refractivity contribution < 1.29 is 24.2 Å². The minimum atomic E-state index is -0.762. The zero-order valence-corrected chi connectivity index (χ0v) is 16.1. The van der Waals surface area contributed by atoms with Crippen molar-refractivity contribution in [1.29, 1.82) is 0 Å². The van der Waals surface area contributed by atoms with Gasteiger partial charge in [0.15, 0.2) is 0 Å². The minimum absolute atomic E-state index is 0.206. The number of aliphatic carboxylic acids is 1. The highest BCUT2D eigenvalue weighted by molar-refractivity contribution is 5.68. The molecule has 0 saturated carbocycles. The number of carboxylic acids is 1.